The monoisotopic (exact) mass is 640 g/mol. The normalized spacial score (nSPS) is 21.4. The highest BCUT2D eigenvalue weighted by atomic mass is 32.2. The molecule has 5 rings (SSSR count). The van der Waals surface area contributed by atoms with E-state index in [0.29, 0.717) is 69.4 Å². The number of hydrogen-bond donors (Lipinski definition) is 3. The highest BCUT2D eigenvalue weighted by Crippen LogP contribution is 2.38. The highest BCUT2D eigenvalue weighted by Gasteiger charge is 2.45. The summed E-state index contributed by atoms with van der Waals surface area (Å²) in [6, 6.07) is 7.73. The molecule has 3 aliphatic heterocycles. The lowest BCUT2D eigenvalue weighted by atomic mass is 9.88. The van der Waals surface area contributed by atoms with E-state index in [4.69, 9.17) is 19.3 Å². The summed E-state index contributed by atoms with van der Waals surface area (Å²) in [7, 11) is -5.36. The third-order valence-electron chi connectivity index (χ3n) is 8.18. The van der Waals surface area contributed by atoms with Crippen molar-refractivity contribution in [2.24, 2.45) is 0 Å². The Hall–Kier alpha value is -2.53. The Bertz CT molecular complexity index is 1480. The van der Waals surface area contributed by atoms with Crippen LogP contribution in [0.5, 0.6) is 11.6 Å². The molecule has 15 heteroatoms. The number of anilines is 1. The van der Waals surface area contributed by atoms with Crippen LogP contribution in [0.4, 0.5) is 5.69 Å². The van der Waals surface area contributed by atoms with E-state index >= 15 is 0 Å². The van der Waals surface area contributed by atoms with Gasteiger partial charge < -0.3 is 34.6 Å². The van der Waals surface area contributed by atoms with Crippen LogP contribution < -0.4 is 19.7 Å². The Labute approximate surface area is 252 Å². The predicted molar refractivity (Wildman–Crippen MR) is 158 cm³/mol. The summed E-state index contributed by atoms with van der Waals surface area (Å²) in [5, 5.41) is 22.7. The standard InChI is InChI=1S/C28H40N4O9S2/c1-31-10-12-39-27-26(31)15-25(18-30-27)43(37,38)32-8-6-28(7-9-32)16-21(19-41-28)29-17-22(34)20-40-23-4-2-5-24(14-23)42(35,36)13-3-11-33/h2,4-5,14-15,18,21-22,29,33-34H,3,6-13,16-17,19-20H2,1H3. The maximum absolute atomic E-state index is 13.4. The first kappa shape index (κ1) is 31.9. The van der Waals surface area contributed by atoms with Gasteiger partial charge >= 0.3 is 0 Å². The predicted octanol–water partition coefficient (Wildman–Crippen LogP) is 0.408. The molecule has 43 heavy (non-hydrogen) atoms. The number of rotatable bonds is 12. The van der Waals surface area contributed by atoms with E-state index in [-0.39, 0.29) is 47.8 Å². The van der Waals surface area contributed by atoms with E-state index in [1.807, 2.05) is 11.9 Å². The first-order valence-electron chi connectivity index (χ1n) is 14.5. The zero-order valence-corrected chi connectivity index (χ0v) is 25.9. The summed E-state index contributed by atoms with van der Waals surface area (Å²) in [5.41, 5.74) is 0.243. The molecule has 0 radical (unpaired) electrons. The van der Waals surface area contributed by atoms with E-state index in [9.17, 15) is 21.9 Å². The molecule has 1 aromatic carbocycles. The second kappa shape index (κ2) is 13.2. The fourth-order valence-corrected chi connectivity index (χ4v) is 8.37. The number of nitrogens with one attached hydrogen (secondary N) is 1. The molecule has 2 fully saturated rings. The Morgan fingerprint density at radius 3 is 2.72 bits per heavy atom. The Balaban J connectivity index is 1.08. The third kappa shape index (κ3) is 7.41. The molecule has 3 N–H and O–H groups in total. The third-order valence-corrected chi connectivity index (χ3v) is 11.8. The van der Waals surface area contributed by atoms with Crippen molar-refractivity contribution in [3.63, 3.8) is 0 Å². The molecular weight excluding hydrogens is 600 g/mol. The zero-order valence-electron chi connectivity index (χ0n) is 24.2. The number of ether oxygens (including phenoxy) is 3. The number of benzene rings is 1. The number of aliphatic hydroxyl groups is 2. The molecule has 13 nitrogen and oxygen atoms in total. The highest BCUT2D eigenvalue weighted by molar-refractivity contribution is 7.91. The lowest BCUT2D eigenvalue weighted by Gasteiger charge is -2.38. The van der Waals surface area contributed by atoms with Crippen LogP contribution in [0.1, 0.15) is 25.7 Å². The molecule has 2 atom stereocenters. The maximum atomic E-state index is 13.4. The average molecular weight is 641 g/mol. The fraction of sp³-hybridized carbons (Fsp3) is 0.607. The van der Waals surface area contributed by atoms with Gasteiger partial charge in [-0.3, -0.25) is 0 Å². The number of nitrogens with zero attached hydrogens (tertiary/aromatic N) is 3. The van der Waals surface area contributed by atoms with Crippen molar-refractivity contribution < 1.29 is 41.3 Å². The molecule has 2 saturated heterocycles. The van der Waals surface area contributed by atoms with Crippen molar-refractivity contribution in [1.82, 2.24) is 14.6 Å². The number of aliphatic hydroxyl groups excluding tert-OH is 2. The Kier molecular flexibility index (Phi) is 9.80. The molecule has 1 aromatic heterocycles. The summed E-state index contributed by atoms with van der Waals surface area (Å²) in [6.45, 7) is 2.32. The van der Waals surface area contributed by atoms with Crippen molar-refractivity contribution in [3.8, 4) is 11.6 Å². The summed E-state index contributed by atoms with van der Waals surface area (Å²) in [5.74, 6) is 0.619. The molecule has 2 aromatic rings. The van der Waals surface area contributed by atoms with Gasteiger partial charge in [-0.25, -0.2) is 21.8 Å². The summed E-state index contributed by atoms with van der Waals surface area (Å²) in [4.78, 5) is 6.43. The van der Waals surface area contributed by atoms with Gasteiger partial charge in [0, 0.05) is 39.3 Å². The van der Waals surface area contributed by atoms with E-state index in [0.717, 1.165) is 0 Å². The van der Waals surface area contributed by atoms with Crippen LogP contribution in [0.3, 0.4) is 0 Å². The van der Waals surface area contributed by atoms with Gasteiger partial charge in [-0.05, 0) is 49.9 Å². The smallest absolute Gasteiger partial charge is 0.244 e. The van der Waals surface area contributed by atoms with Gasteiger partial charge in [0.1, 0.15) is 35.7 Å². The van der Waals surface area contributed by atoms with Crippen LogP contribution in [-0.2, 0) is 24.6 Å². The molecule has 3 aliphatic rings. The van der Waals surface area contributed by atoms with Gasteiger partial charge in [0.15, 0.2) is 9.84 Å². The molecule has 0 amide bonds. The van der Waals surface area contributed by atoms with Crippen molar-refractivity contribution in [2.45, 2.75) is 53.2 Å². The van der Waals surface area contributed by atoms with Crippen molar-refractivity contribution in [3.05, 3.63) is 36.5 Å². The molecule has 4 heterocycles. The molecule has 0 saturated carbocycles. The molecular formula is C28H40N4O9S2. The lowest BCUT2D eigenvalue weighted by Crippen LogP contribution is -2.47. The minimum absolute atomic E-state index is 0.00168. The number of sulfone groups is 1. The largest absolute Gasteiger partial charge is 0.491 e. The quantitative estimate of drug-likeness (QED) is 0.293. The molecule has 0 aliphatic carbocycles. The molecule has 0 bridgehead atoms. The van der Waals surface area contributed by atoms with E-state index in [1.165, 1.54) is 22.6 Å². The Morgan fingerprint density at radius 2 is 1.95 bits per heavy atom. The van der Waals surface area contributed by atoms with Crippen LogP contribution in [0.15, 0.2) is 46.3 Å². The number of piperidine rings is 1. The van der Waals surface area contributed by atoms with Crippen molar-refractivity contribution in [1.29, 1.82) is 0 Å². The van der Waals surface area contributed by atoms with Crippen molar-refractivity contribution >= 4 is 25.5 Å². The number of fused-ring (bicyclic) bond motifs is 1. The van der Waals surface area contributed by atoms with Crippen LogP contribution in [0.25, 0.3) is 0 Å². The van der Waals surface area contributed by atoms with Gasteiger partial charge in [-0.1, -0.05) is 6.07 Å². The second-order valence-corrected chi connectivity index (χ2v) is 15.4. The molecule has 2 unspecified atom stereocenters. The van der Waals surface area contributed by atoms with Gasteiger partial charge in [0.05, 0.1) is 35.6 Å². The fourth-order valence-electron chi connectivity index (χ4n) is 5.64. The second-order valence-electron chi connectivity index (χ2n) is 11.3. The summed E-state index contributed by atoms with van der Waals surface area (Å²) in [6.07, 6.45) is 2.50. The first-order chi connectivity index (χ1) is 20.5. The van der Waals surface area contributed by atoms with E-state index in [1.54, 1.807) is 18.2 Å². The van der Waals surface area contributed by atoms with Gasteiger partial charge in [-0.15, -0.1) is 0 Å². The van der Waals surface area contributed by atoms with Crippen molar-refractivity contribution in [2.75, 3.05) is 70.3 Å². The number of hydrogen-bond acceptors (Lipinski definition) is 12. The van der Waals surface area contributed by atoms with E-state index < -0.39 is 31.6 Å². The zero-order chi connectivity index (χ0) is 30.7. The molecule has 1 spiro atoms. The number of sulfonamides is 1. The lowest BCUT2D eigenvalue weighted by molar-refractivity contribution is -0.0312. The molecule has 238 valence electrons. The Morgan fingerprint density at radius 1 is 1.16 bits per heavy atom. The number of aromatic nitrogens is 1. The van der Waals surface area contributed by atoms with Gasteiger partial charge in [0.2, 0.25) is 15.9 Å². The van der Waals surface area contributed by atoms with E-state index in [2.05, 4.69) is 10.3 Å². The summed E-state index contributed by atoms with van der Waals surface area (Å²) < 4.78 is 70.4. The number of likely N-dealkylation sites (N-methyl/N-ethyl adjacent to an activating group) is 1. The van der Waals surface area contributed by atoms with Crippen LogP contribution in [-0.4, -0.2) is 119 Å². The first-order valence-corrected chi connectivity index (χ1v) is 17.6. The number of pyridine rings is 1. The summed E-state index contributed by atoms with van der Waals surface area (Å²) >= 11 is 0. The van der Waals surface area contributed by atoms with Gasteiger partial charge in [-0.2, -0.15) is 4.31 Å². The van der Waals surface area contributed by atoms with Crippen LogP contribution >= 0.6 is 0 Å². The van der Waals surface area contributed by atoms with Crippen LogP contribution in [0, 0.1) is 0 Å². The maximum Gasteiger partial charge on any atom is 0.244 e. The minimum atomic E-state index is -3.72. The minimum Gasteiger partial charge on any atom is -0.491 e. The SMILES string of the molecule is CN1CCOc2ncc(S(=O)(=O)N3CCC4(CC3)CC(NCC(O)COc3cccc(S(=O)(=O)CCCO)c3)CO4)cc21. The van der Waals surface area contributed by atoms with Gasteiger partial charge in [0.25, 0.3) is 0 Å². The average Bonchev–Trinajstić information content (AvgIpc) is 3.40. The topological polar surface area (TPSA) is 168 Å². The van der Waals surface area contributed by atoms with Crippen LogP contribution in [0.2, 0.25) is 0 Å².